The summed E-state index contributed by atoms with van der Waals surface area (Å²) < 4.78 is 29.2. The number of aromatic nitrogens is 1. The van der Waals surface area contributed by atoms with Crippen LogP contribution in [-0.4, -0.2) is 24.1 Å². The van der Waals surface area contributed by atoms with Crippen LogP contribution in [0.5, 0.6) is 0 Å². The Morgan fingerprint density at radius 3 is 2.19 bits per heavy atom. The number of nitrogens with one attached hydrogen (secondary N) is 1. The van der Waals surface area contributed by atoms with Gasteiger partial charge >= 0.3 is 6.01 Å². The number of hydrogen-bond donors (Lipinski definition) is 1. The van der Waals surface area contributed by atoms with Crippen molar-refractivity contribution in [2.75, 3.05) is 5.32 Å². The van der Waals surface area contributed by atoms with Gasteiger partial charge in [0.25, 0.3) is 0 Å². The van der Waals surface area contributed by atoms with Gasteiger partial charge < -0.3 is 4.42 Å². The maximum absolute atomic E-state index is 12.8. The van der Waals surface area contributed by atoms with E-state index >= 15 is 0 Å². The normalized spacial score (nSPS) is 11.9. The average molecular weight is 370 g/mol. The maximum Gasteiger partial charge on any atom is 0.301 e. The molecule has 0 bridgehead atoms. The molecule has 0 radical (unpaired) electrons. The van der Waals surface area contributed by atoms with Crippen LogP contribution in [-0.2, 0) is 14.6 Å². The van der Waals surface area contributed by atoms with E-state index in [9.17, 15) is 13.2 Å². The molecule has 0 aliphatic rings. The number of carbonyl (C=O) groups is 1. The highest BCUT2D eigenvalue weighted by molar-refractivity contribution is 7.93. The molecule has 0 saturated carbocycles. The first-order chi connectivity index (χ1) is 12.3. The first kappa shape index (κ1) is 17.9. The zero-order valence-electron chi connectivity index (χ0n) is 14.3. The molecule has 1 amide bonds. The number of sulfone groups is 1. The zero-order valence-corrected chi connectivity index (χ0v) is 15.2. The SMILES string of the molecule is CC(C)(C(=O)Nc1nc(-c2ccccc2)co1)S(=O)(=O)c1ccccc1. The minimum atomic E-state index is -3.88. The van der Waals surface area contributed by atoms with Gasteiger partial charge in [0.1, 0.15) is 16.7 Å². The summed E-state index contributed by atoms with van der Waals surface area (Å²) in [5, 5.41) is 2.45. The van der Waals surface area contributed by atoms with Gasteiger partial charge in [-0.2, -0.15) is 4.98 Å². The molecule has 7 heteroatoms. The highest BCUT2D eigenvalue weighted by Gasteiger charge is 2.43. The fraction of sp³-hybridized carbons (Fsp3) is 0.158. The van der Waals surface area contributed by atoms with Crippen molar-refractivity contribution in [2.45, 2.75) is 23.5 Å². The van der Waals surface area contributed by atoms with Gasteiger partial charge in [-0.15, -0.1) is 0 Å². The Balaban J connectivity index is 1.82. The fourth-order valence-electron chi connectivity index (χ4n) is 2.34. The van der Waals surface area contributed by atoms with Crippen molar-refractivity contribution >= 4 is 21.8 Å². The van der Waals surface area contributed by atoms with Crippen LogP contribution in [0.4, 0.5) is 6.01 Å². The van der Waals surface area contributed by atoms with Gasteiger partial charge in [0.2, 0.25) is 5.91 Å². The summed E-state index contributed by atoms with van der Waals surface area (Å²) in [4.78, 5) is 16.9. The van der Waals surface area contributed by atoms with Crippen molar-refractivity contribution in [1.82, 2.24) is 4.98 Å². The molecule has 0 aliphatic carbocycles. The predicted octanol–water partition coefficient (Wildman–Crippen LogP) is 3.53. The molecule has 1 aromatic heterocycles. The Hall–Kier alpha value is -2.93. The van der Waals surface area contributed by atoms with Gasteiger partial charge in [-0.25, -0.2) is 8.42 Å². The number of anilines is 1. The Morgan fingerprint density at radius 2 is 1.58 bits per heavy atom. The summed E-state index contributed by atoms with van der Waals surface area (Å²) in [6.45, 7) is 2.71. The highest BCUT2D eigenvalue weighted by atomic mass is 32.2. The van der Waals surface area contributed by atoms with Crippen molar-refractivity contribution in [3.05, 3.63) is 66.9 Å². The molecule has 3 aromatic rings. The lowest BCUT2D eigenvalue weighted by Gasteiger charge is -2.22. The van der Waals surface area contributed by atoms with Gasteiger partial charge in [-0.05, 0) is 26.0 Å². The van der Waals surface area contributed by atoms with Gasteiger partial charge in [-0.3, -0.25) is 10.1 Å². The van der Waals surface area contributed by atoms with E-state index in [-0.39, 0.29) is 10.9 Å². The number of hydrogen-bond acceptors (Lipinski definition) is 5. The third-order valence-electron chi connectivity index (χ3n) is 4.07. The van der Waals surface area contributed by atoms with Crippen LogP contribution in [0.3, 0.4) is 0 Å². The fourth-order valence-corrected chi connectivity index (χ4v) is 3.74. The van der Waals surface area contributed by atoms with Gasteiger partial charge in [0, 0.05) is 5.56 Å². The molecule has 1 N–H and O–H groups in total. The largest absolute Gasteiger partial charge is 0.431 e. The van der Waals surface area contributed by atoms with E-state index in [0.717, 1.165) is 5.56 Å². The van der Waals surface area contributed by atoms with Crippen LogP contribution in [0.1, 0.15) is 13.8 Å². The van der Waals surface area contributed by atoms with Gasteiger partial charge in [0.05, 0.1) is 4.90 Å². The van der Waals surface area contributed by atoms with Crippen molar-refractivity contribution < 1.29 is 17.6 Å². The van der Waals surface area contributed by atoms with Crippen LogP contribution in [0.25, 0.3) is 11.3 Å². The Labute approximate surface area is 151 Å². The number of amides is 1. The summed E-state index contributed by atoms with van der Waals surface area (Å²) in [6, 6.07) is 17.1. The molecular formula is C19H18N2O4S. The molecule has 0 saturated heterocycles. The lowest BCUT2D eigenvalue weighted by atomic mass is 10.2. The molecule has 0 aliphatic heterocycles. The molecule has 26 heavy (non-hydrogen) atoms. The first-order valence-corrected chi connectivity index (χ1v) is 9.43. The maximum atomic E-state index is 12.8. The smallest absolute Gasteiger partial charge is 0.301 e. The van der Waals surface area contributed by atoms with Crippen LogP contribution in [0, 0.1) is 0 Å². The van der Waals surface area contributed by atoms with Crippen LogP contribution in [0.15, 0.2) is 76.2 Å². The summed E-state index contributed by atoms with van der Waals surface area (Å²) in [5.74, 6) is -0.720. The third kappa shape index (κ3) is 3.25. The van der Waals surface area contributed by atoms with E-state index in [1.54, 1.807) is 18.2 Å². The lowest BCUT2D eigenvalue weighted by molar-refractivity contribution is -0.118. The molecular weight excluding hydrogens is 352 g/mol. The van der Waals surface area contributed by atoms with Crippen LogP contribution >= 0.6 is 0 Å². The van der Waals surface area contributed by atoms with Crippen LogP contribution < -0.4 is 5.32 Å². The second-order valence-electron chi connectivity index (χ2n) is 6.18. The van der Waals surface area contributed by atoms with E-state index in [4.69, 9.17) is 4.42 Å². The Morgan fingerprint density at radius 1 is 1.00 bits per heavy atom. The molecule has 0 spiro atoms. The van der Waals surface area contributed by atoms with E-state index in [0.29, 0.717) is 5.69 Å². The number of rotatable bonds is 5. The second kappa shape index (κ2) is 6.76. The first-order valence-electron chi connectivity index (χ1n) is 7.94. The van der Waals surface area contributed by atoms with Crippen LogP contribution in [0.2, 0.25) is 0 Å². The zero-order chi connectivity index (χ0) is 18.8. The van der Waals surface area contributed by atoms with E-state index in [1.807, 2.05) is 30.3 Å². The van der Waals surface area contributed by atoms with Gasteiger partial charge in [0.15, 0.2) is 9.84 Å². The quantitative estimate of drug-likeness (QED) is 0.742. The number of carbonyl (C=O) groups excluding carboxylic acids is 1. The highest BCUT2D eigenvalue weighted by Crippen LogP contribution is 2.27. The molecule has 0 atom stereocenters. The molecule has 0 unspecified atom stereocenters. The molecule has 2 aromatic carbocycles. The molecule has 134 valence electrons. The predicted molar refractivity (Wildman–Crippen MR) is 98.3 cm³/mol. The second-order valence-corrected chi connectivity index (χ2v) is 8.68. The minimum Gasteiger partial charge on any atom is -0.431 e. The standard InChI is InChI=1S/C19H18N2O4S/c1-19(2,26(23,24)15-11-7-4-8-12-15)17(22)21-18-20-16(13-25-18)14-9-5-3-6-10-14/h3-13H,1-2H3,(H,20,21,22). The van der Waals surface area contributed by atoms with Crippen molar-refractivity contribution in [1.29, 1.82) is 0 Å². The van der Waals surface area contributed by atoms with Crippen molar-refractivity contribution in [2.24, 2.45) is 0 Å². The Kier molecular flexibility index (Phi) is 4.65. The van der Waals surface area contributed by atoms with E-state index in [1.165, 1.54) is 32.2 Å². The summed E-state index contributed by atoms with van der Waals surface area (Å²) >= 11 is 0. The minimum absolute atomic E-state index is 0.0508. The van der Waals surface area contributed by atoms with E-state index < -0.39 is 20.5 Å². The molecule has 1 heterocycles. The molecule has 3 rings (SSSR count). The number of nitrogens with zero attached hydrogens (tertiary/aromatic N) is 1. The summed E-state index contributed by atoms with van der Waals surface area (Å²) in [5.41, 5.74) is 1.37. The molecule has 0 fully saturated rings. The lowest BCUT2D eigenvalue weighted by Crippen LogP contribution is -2.44. The number of benzene rings is 2. The van der Waals surface area contributed by atoms with Crippen molar-refractivity contribution in [3.8, 4) is 11.3 Å². The Bertz CT molecular complexity index is 1010. The topological polar surface area (TPSA) is 89.3 Å². The van der Waals surface area contributed by atoms with Crippen molar-refractivity contribution in [3.63, 3.8) is 0 Å². The molecule has 6 nitrogen and oxygen atoms in total. The average Bonchev–Trinajstić information content (AvgIpc) is 3.11. The monoisotopic (exact) mass is 370 g/mol. The summed E-state index contributed by atoms with van der Waals surface area (Å²) in [6.07, 6.45) is 1.41. The van der Waals surface area contributed by atoms with E-state index in [2.05, 4.69) is 10.3 Å². The van der Waals surface area contributed by atoms with Gasteiger partial charge in [-0.1, -0.05) is 48.5 Å². The third-order valence-corrected chi connectivity index (χ3v) is 6.49. The number of oxazole rings is 1. The summed E-state index contributed by atoms with van der Waals surface area (Å²) in [7, 11) is -3.88.